The Kier molecular flexibility index (Phi) is 7.01. The third kappa shape index (κ3) is 5.83. The molecule has 1 heterocycles. The number of rotatable bonds is 7. The van der Waals surface area contributed by atoms with Crippen LogP contribution in [0.1, 0.15) is 30.6 Å². The number of nitrogens with one attached hydrogen (secondary N) is 2. The molecule has 2 amide bonds. The van der Waals surface area contributed by atoms with E-state index >= 15 is 0 Å². The summed E-state index contributed by atoms with van der Waals surface area (Å²) in [7, 11) is 1.48. The number of hydrogen-bond acceptors (Lipinski definition) is 7. The van der Waals surface area contributed by atoms with Crippen molar-refractivity contribution >= 4 is 23.7 Å². The van der Waals surface area contributed by atoms with Crippen LogP contribution >= 0.6 is 0 Å². The largest absolute Gasteiger partial charge is 0.489 e. The van der Waals surface area contributed by atoms with Gasteiger partial charge in [0.15, 0.2) is 0 Å². The third-order valence-corrected chi connectivity index (χ3v) is 4.23. The number of fused-ring (bicyclic) bond motifs is 1. The molecule has 2 rings (SSSR count). The first-order chi connectivity index (χ1) is 13.6. The average Bonchev–Trinajstić information content (AvgIpc) is 2.76. The van der Waals surface area contributed by atoms with Crippen LogP contribution in [0.15, 0.2) is 18.2 Å². The summed E-state index contributed by atoms with van der Waals surface area (Å²) < 4.78 is 11.0. The van der Waals surface area contributed by atoms with Crippen LogP contribution in [-0.4, -0.2) is 61.5 Å². The zero-order valence-corrected chi connectivity index (χ0v) is 16.5. The molecule has 1 atom stereocenters. The molecule has 0 bridgehead atoms. The van der Waals surface area contributed by atoms with E-state index in [0.29, 0.717) is 30.9 Å². The fraction of sp³-hybridized carbons (Fsp3) is 0.474. The van der Waals surface area contributed by atoms with Crippen molar-refractivity contribution < 1.29 is 29.0 Å². The van der Waals surface area contributed by atoms with Crippen molar-refractivity contribution in [1.82, 2.24) is 10.6 Å². The van der Waals surface area contributed by atoms with Gasteiger partial charge in [-0.05, 0) is 32.0 Å². The molecule has 0 radical (unpaired) electrons. The Morgan fingerprint density at radius 3 is 2.83 bits per heavy atom. The first kappa shape index (κ1) is 22.0. The van der Waals surface area contributed by atoms with Gasteiger partial charge < -0.3 is 30.1 Å². The van der Waals surface area contributed by atoms with Gasteiger partial charge in [-0.2, -0.15) is 5.26 Å². The van der Waals surface area contributed by atoms with E-state index in [1.165, 1.54) is 30.1 Å². The number of carbonyl (C=O) groups excluding carboxylic acids is 2. The highest BCUT2D eigenvalue weighted by atomic mass is 16.6. The molecular formula is C19H24N4O6. The highest BCUT2D eigenvalue weighted by Gasteiger charge is 2.33. The fourth-order valence-electron chi connectivity index (χ4n) is 2.73. The van der Waals surface area contributed by atoms with Gasteiger partial charge in [-0.1, -0.05) is 0 Å². The van der Waals surface area contributed by atoms with Crippen molar-refractivity contribution in [2.24, 2.45) is 0 Å². The first-order valence-corrected chi connectivity index (χ1v) is 8.99. The van der Waals surface area contributed by atoms with E-state index in [2.05, 4.69) is 10.6 Å². The number of carboxylic acid groups (broad SMARTS) is 1. The van der Waals surface area contributed by atoms with Crippen LogP contribution in [0, 0.1) is 11.3 Å². The van der Waals surface area contributed by atoms with Gasteiger partial charge in [-0.3, -0.25) is 4.79 Å². The van der Waals surface area contributed by atoms with Crippen LogP contribution in [0.4, 0.5) is 10.5 Å². The highest BCUT2D eigenvalue weighted by molar-refractivity contribution is 6.01. The van der Waals surface area contributed by atoms with Crippen molar-refractivity contribution in [1.29, 1.82) is 5.26 Å². The maximum Gasteiger partial charge on any atom is 0.408 e. The number of ether oxygens (including phenoxy) is 2. The summed E-state index contributed by atoms with van der Waals surface area (Å²) >= 11 is 0. The Balaban J connectivity index is 2.01. The topological polar surface area (TPSA) is 141 Å². The molecule has 1 aliphatic rings. The normalized spacial score (nSPS) is 16.1. The Morgan fingerprint density at radius 2 is 2.17 bits per heavy atom. The number of nitriles is 1. The van der Waals surface area contributed by atoms with E-state index < -0.39 is 29.6 Å². The van der Waals surface area contributed by atoms with E-state index in [-0.39, 0.29) is 12.2 Å². The van der Waals surface area contributed by atoms with Gasteiger partial charge in [0.1, 0.15) is 24.0 Å². The molecule has 10 heteroatoms. The molecule has 1 aliphatic heterocycles. The molecule has 0 fully saturated rings. The molecule has 3 N–H and O–H groups in total. The minimum atomic E-state index is -1.12. The summed E-state index contributed by atoms with van der Waals surface area (Å²) in [5.41, 5.74) is -0.544. The van der Waals surface area contributed by atoms with Crippen LogP contribution < -0.4 is 20.3 Å². The van der Waals surface area contributed by atoms with Crippen molar-refractivity contribution in [3.63, 3.8) is 0 Å². The van der Waals surface area contributed by atoms with Gasteiger partial charge in [-0.25, -0.2) is 9.59 Å². The van der Waals surface area contributed by atoms with E-state index in [4.69, 9.17) is 19.8 Å². The molecule has 0 saturated carbocycles. The standard InChI is InChI=1S/C19H24N4O6/c1-19(2,11-21-8-4-7-20)29-18(27)22-13-10-28-15-6-5-12(17(25)26)9-14(15)23(3)16(13)24/h5-6,9,13,21H,4,8,10-11H2,1-3H3,(H,22,27)(H,25,26)/t13-/m0/s1. The summed E-state index contributed by atoms with van der Waals surface area (Å²) in [6, 6.07) is 5.20. The summed E-state index contributed by atoms with van der Waals surface area (Å²) in [4.78, 5) is 37.4. The van der Waals surface area contributed by atoms with Gasteiger partial charge in [0.05, 0.1) is 17.3 Å². The van der Waals surface area contributed by atoms with E-state index in [1.54, 1.807) is 13.8 Å². The van der Waals surface area contributed by atoms with Crippen molar-refractivity contribution in [2.45, 2.75) is 31.9 Å². The molecule has 1 aromatic rings. The van der Waals surface area contributed by atoms with Crippen molar-refractivity contribution in [3.8, 4) is 11.8 Å². The molecule has 0 aromatic heterocycles. The Bertz CT molecular complexity index is 832. The minimum absolute atomic E-state index is 0.0171. The Labute approximate surface area is 168 Å². The van der Waals surface area contributed by atoms with Gasteiger partial charge in [0.25, 0.3) is 5.91 Å². The number of anilines is 1. The Hall–Kier alpha value is -3.32. The van der Waals surface area contributed by atoms with Crippen LogP contribution in [-0.2, 0) is 9.53 Å². The molecule has 156 valence electrons. The first-order valence-electron chi connectivity index (χ1n) is 8.99. The summed E-state index contributed by atoms with van der Waals surface area (Å²) in [6.45, 7) is 4.08. The van der Waals surface area contributed by atoms with Crippen LogP contribution in [0.25, 0.3) is 0 Å². The lowest BCUT2D eigenvalue weighted by Crippen LogP contribution is -2.51. The summed E-state index contributed by atoms with van der Waals surface area (Å²) in [5, 5.41) is 23.2. The second kappa shape index (κ2) is 9.25. The molecule has 0 saturated heterocycles. The quantitative estimate of drug-likeness (QED) is 0.574. The lowest BCUT2D eigenvalue weighted by atomic mass is 10.1. The SMILES string of the molecule is CN1C(=O)[C@@H](NC(=O)OC(C)(C)CNCCC#N)COc2ccc(C(=O)O)cc21. The van der Waals surface area contributed by atoms with Gasteiger partial charge in [0, 0.05) is 26.6 Å². The molecule has 10 nitrogen and oxygen atoms in total. The summed E-state index contributed by atoms with van der Waals surface area (Å²) in [5.74, 6) is -1.25. The van der Waals surface area contributed by atoms with Gasteiger partial charge >= 0.3 is 12.1 Å². The Morgan fingerprint density at radius 1 is 1.45 bits per heavy atom. The zero-order valence-electron chi connectivity index (χ0n) is 16.5. The number of hydrogen-bond donors (Lipinski definition) is 3. The number of aromatic carboxylic acids is 1. The smallest absolute Gasteiger partial charge is 0.408 e. The monoisotopic (exact) mass is 404 g/mol. The highest BCUT2D eigenvalue weighted by Crippen LogP contribution is 2.31. The van der Waals surface area contributed by atoms with Crippen molar-refractivity contribution in [3.05, 3.63) is 23.8 Å². The lowest BCUT2D eigenvalue weighted by Gasteiger charge is -2.27. The zero-order chi connectivity index (χ0) is 21.6. The second-order valence-electron chi connectivity index (χ2n) is 7.13. The minimum Gasteiger partial charge on any atom is -0.489 e. The number of carbonyl (C=O) groups is 3. The van der Waals surface area contributed by atoms with Crippen LogP contribution in [0.5, 0.6) is 5.75 Å². The average molecular weight is 404 g/mol. The third-order valence-electron chi connectivity index (χ3n) is 4.23. The number of alkyl carbamates (subject to hydrolysis) is 1. The van der Waals surface area contributed by atoms with Gasteiger partial charge in [0.2, 0.25) is 0 Å². The fourth-order valence-corrected chi connectivity index (χ4v) is 2.73. The molecule has 1 aromatic carbocycles. The maximum atomic E-state index is 12.7. The van der Waals surface area contributed by atoms with E-state index in [1.807, 2.05) is 6.07 Å². The lowest BCUT2D eigenvalue weighted by molar-refractivity contribution is -0.120. The van der Waals surface area contributed by atoms with E-state index in [9.17, 15) is 14.4 Å². The number of nitrogens with zero attached hydrogens (tertiary/aromatic N) is 2. The molecule has 0 aliphatic carbocycles. The van der Waals surface area contributed by atoms with E-state index in [0.717, 1.165) is 0 Å². The van der Waals surface area contributed by atoms with Crippen LogP contribution in [0.2, 0.25) is 0 Å². The number of carboxylic acids is 1. The second-order valence-corrected chi connectivity index (χ2v) is 7.13. The summed E-state index contributed by atoms with van der Waals surface area (Å²) in [6.07, 6.45) is -0.447. The maximum absolute atomic E-state index is 12.7. The number of likely N-dealkylation sites (N-methyl/N-ethyl adjacent to an activating group) is 1. The predicted octanol–water partition coefficient (Wildman–Crippen LogP) is 1.12. The molecule has 0 spiro atoms. The van der Waals surface area contributed by atoms with Crippen LogP contribution in [0.3, 0.4) is 0 Å². The van der Waals surface area contributed by atoms with Gasteiger partial charge in [-0.15, -0.1) is 0 Å². The molecular weight excluding hydrogens is 380 g/mol. The molecule has 0 unspecified atom stereocenters. The number of amides is 2. The predicted molar refractivity (Wildman–Crippen MR) is 103 cm³/mol. The van der Waals surface area contributed by atoms with Crippen molar-refractivity contribution in [2.75, 3.05) is 31.6 Å². The number of benzene rings is 1. The molecule has 29 heavy (non-hydrogen) atoms.